The van der Waals surface area contributed by atoms with Crippen LogP contribution in [0.25, 0.3) is 22.1 Å². The van der Waals surface area contributed by atoms with Gasteiger partial charge in [-0.1, -0.05) is 22.8 Å². The van der Waals surface area contributed by atoms with E-state index in [9.17, 15) is 5.11 Å². The molecule has 90 valence electrons. The fourth-order valence-corrected chi connectivity index (χ4v) is 2.04. The molecule has 3 aromatic rings. The van der Waals surface area contributed by atoms with Crippen molar-refractivity contribution in [1.29, 1.82) is 0 Å². The number of anilines is 1. The van der Waals surface area contributed by atoms with Crippen LogP contribution in [0.5, 0.6) is 5.75 Å². The summed E-state index contributed by atoms with van der Waals surface area (Å²) in [6.45, 7) is 0. The number of fused-ring (bicyclic) bond motifs is 1. The summed E-state index contributed by atoms with van der Waals surface area (Å²) in [4.78, 5) is 0. The molecule has 1 heterocycles. The Balaban J connectivity index is 2.24. The van der Waals surface area contributed by atoms with Gasteiger partial charge >= 0.3 is 0 Å². The Bertz CT molecular complexity index is 737. The lowest BCUT2D eigenvalue weighted by molar-refractivity contribution is 0.460. The average molecular weight is 261 g/mol. The zero-order valence-corrected chi connectivity index (χ0v) is 9.98. The van der Waals surface area contributed by atoms with E-state index < -0.39 is 0 Å². The van der Waals surface area contributed by atoms with Gasteiger partial charge in [-0.25, -0.2) is 0 Å². The molecule has 0 fully saturated rings. The molecule has 1 aromatic heterocycles. The van der Waals surface area contributed by atoms with E-state index in [4.69, 9.17) is 21.9 Å². The second kappa shape index (κ2) is 3.92. The molecule has 2 aromatic carbocycles. The number of aromatic nitrogens is 1. The molecule has 0 radical (unpaired) electrons. The fourth-order valence-electron chi connectivity index (χ4n) is 1.86. The molecule has 3 rings (SSSR count). The summed E-state index contributed by atoms with van der Waals surface area (Å²) in [6, 6.07) is 10.3. The van der Waals surface area contributed by atoms with Crippen LogP contribution < -0.4 is 5.73 Å². The van der Waals surface area contributed by atoms with Gasteiger partial charge in [-0.15, -0.1) is 0 Å². The Hall–Kier alpha value is -2.20. The normalized spacial score (nSPS) is 10.9. The van der Waals surface area contributed by atoms with Crippen LogP contribution in [-0.2, 0) is 0 Å². The van der Waals surface area contributed by atoms with Crippen molar-refractivity contribution in [3.63, 3.8) is 0 Å². The van der Waals surface area contributed by atoms with Crippen molar-refractivity contribution in [3.8, 4) is 16.9 Å². The van der Waals surface area contributed by atoms with Gasteiger partial charge in [0.05, 0.1) is 5.39 Å². The molecule has 5 heteroatoms. The van der Waals surface area contributed by atoms with Crippen molar-refractivity contribution >= 4 is 28.4 Å². The molecule has 0 atom stereocenters. The highest BCUT2D eigenvalue weighted by molar-refractivity contribution is 6.31. The molecule has 0 bridgehead atoms. The molecule has 0 saturated heterocycles. The summed E-state index contributed by atoms with van der Waals surface area (Å²) in [7, 11) is 0. The van der Waals surface area contributed by atoms with Crippen molar-refractivity contribution < 1.29 is 9.63 Å². The van der Waals surface area contributed by atoms with Gasteiger partial charge in [-0.05, 0) is 35.9 Å². The molecule has 4 nitrogen and oxygen atoms in total. The zero-order chi connectivity index (χ0) is 12.7. The summed E-state index contributed by atoms with van der Waals surface area (Å²) < 4.78 is 5.03. The molecule has 0 unspecified atom stereocenters. The van der Waals surface area contributed by atoms with Crippen LogP contribution in [0, 0.1) is 0 Å². The number of phenols is 1. The third kappa shape index (κ3) is 1.67. The molecule has 0 spiro atoms. The largest absolute Gasteiger partial charge is 0.507 e. The Morgan fingerprint density at radius 1 is 1.17 bits per heavy atom. The number of nitrogen functional groups attached to an aromatic ring is 1. The summed E-state index contributed by atoms with van der Waals surface area (Å²) in [5.74, 6) is 0.488. The Kier molecular flexibility index (Phi) is 2.38. The quantitative estimate of drug-likeness (QED) is 0.703. The van der Waals surface area contributed by atoms with Crippen molar-refractivity contribution in [2.24, 2.45) is 0 Å². The summed E-state index contributed by atoms with van der Waals surface area (Å²) in [6.07, 6.45) is 0. The third-order valence-electron chi connectivity index (χ3n) is 2.77. The molecule has 0 aliphatic carbocycles. The lowest BCUT2D eigenvalue weighted by atomic mass is 10.0. The zero-order valence-electron chi connectivity index (χ0n) is 9.22. The van der Waals surface area contributed by atoms with Gasteiger partial charge in [0, 0.05) is 10.6 Å². The third-order valence-corrected chi connectivity index (χ3v) is 3.00. The molecule has 0 aliphatic rings. The first-order valence-electron chi connectivity index (χ1n) is 5.29. The van der Waals surface area contributed by atoms with E-state index in [1.54, 1.807) is 24.3 Å². The Morgan fingerprint density at radius 2 is 2.00 bits per heavy atom. The highest BCUT2D eigenvalue weighted by Crippen LogP contribution is 2.34. The maximum absolute atomic E-state index is 9.85. The van der Waals surface area contributed by atoms with Crippen molar-refractivity contribution in [1.82, 2.24) is 5.16 Å². The molecule has 18 heavy (non-hydrogen) atoms. The summed E-state index contributed by atoms with van der Waals surface area (Å²) in [5.41, 5.74) is 7.75. The second-order valence-electron chi connectivity index (χ2n) is 3.94. The number of benzene rings is 2. The van der Waals surface area contributed by atoms with Crippen LogP contribution in [0.3, 0.4) is 0 Å². The standard InChI is InChI=1S/C13H9ClN2O2/c14-8-2-3-11(17)9(6-8)7-1-4-12-10(5-7)13(15)16-18-12/h1-6,17H,(H2,15,16). The van der Waals surface area contributed by atoms with Crippen LogP contribution >= 0.6 is 11.6 Å². The Labute approximate surface area is 108 Å². The van der Waals surface area contributed by atoms with Crippen LogP contribution in [0.15, 0.2) is 40.9 Å². The van der Waals surface area contributed by atoms with Gasteiger partial charge in [0.25, 0.3) is 0 Å². The number of hydrogen-bond donors (Lipinski definition) is 2. The SMILES string of the molecule is Nc1noc2ccc(-c3cc(Cl)ccc3O)cc12. The molecular weight excluding hydrogens is 252 g/mol. The second-order valence-corrected chi connectivity index (χ2v) is 4.38. The predicted octanol–water partition coefficient (Wildman–Crippen LogP) is 3.44. The predicted molar refractivity (Wildman–Crippen MR) is 70.5 cm³/mol. The smallest absolute Gasteiger partial charge is 0.174 e. The minimum atomic E-state index is 0.161. The van der Waals surface area contributed by atoms with Gasteiger partial charge in [-0.2, -0.15) is 0 Å². The number of rotatable bonds is 1. The van der Waals surface area contributed by atoms with E-state index in [-0.39, 0.29) is 5.75 Å². The van der Waals surface area contributed by atoms with Gasteiger partial charge in [0.1, 0.15) is 5.75 Å². The number of nitrogens with two attached hydrogens (primary N) is 1. The van der Waals surface area contributed by atoms with E-state index >= 15 is 0 Å². The molecule has 3 N–H and O–H groups in total. The van der Waals surface area contributed by atoms with Gasteiger partial charge in [0.2, 0.25) is 0 Å². The molecule has 0 aliphatic heterocycles. The van der Waals surface area contributed by atoms with E-state index in [1.165, 1.54) is 0 Å². The van der Waals surface area contributed by atoms with Gasteiger partial charge in [0.15, 0.2) is 11.4 Å². The first-order valence-corrected chi connectivity index (χ1v) is 5.67. The van der Waals surface area contributed by atoms with E-state index in [0.717, 1.165) is 5.56 Å². The van der Waals surface area contributed by atoms with Gasteiger partial charge in [-0.3, -0.25) is 0 Å². The highest BCUT2D eigenvalue weighted by atomic mass is 35.5. The van der Waals surface area contributed by atoms with Gasteiger partial charge < -0.3 is 15.4 Å². The van der Waals surface area contributed by atoms with Crippen molar-refractivity contribution in [2.45, 2.75) is 0 Å². The fraction of sp³-hybridized carbons (Fsp3) is 0. The minimum Gasteiger partial charge on any atom is -0.507 e. The lowest BCUT2D eigenvalue weighted by Gasteiger charge is -2.05. The maximum atomic E-state index is 9.85. The number of hydrogen-bond acceptors (Lipinski definition) is 4. The monoisotopic (exact) mass is 260 g/mol. The number of aromatic hydroxyl groups is 1. The van der Waals surface area contributed by atoms with Crippen LogP contribution in [-0.4, -0.2) is 10.3 Å². The van der Waals surface area contributed by atoms with Crippen molar-refractivity contribution in [3.05, 3.63) is 41.4 Å². The van der Waals surface area contributed by atoms with Crippen molar-refractivity contribution in [2.75, 3.05) is 5.73 Å². The topological polar surface area (TPSA) is 72.3 Å². The number of nitrogens with zero attached hydrogens (tertiary/aromatic N) is 1. The maximum Gasteiger partial charge on any atom is 0.174 e. The Morgan fingerprint density at radius 3 is 2.83 bits per heavy atom. The van der Waals surface area contributed by atoms with E-state index in [1.807, 2.05) is 12.1 Å². The first kappa shape index (κ1) is 10.9. The molecule has 0 amide bonds. The summed E-state index contributed by atoms with van der Waals surface area (Å²) in [5, 5.41) is 14.8. The first-order chi connectivity index (χ1) is 8.65. The minimum absolute atomic E-state index is 0.161. The highest BCUT2D eigenvalue weighted by Gasteiger charge is 2.09. The molecule has 0 saturated carbocycles. The number of halogens is 1. The van der Waals surface area contributed by atoms with E-state index in [0.29, 0.717) is 27.4 Å². The summed E-state index contributed by atoms with van der Waals surface area (Å²) >= 11 is 5.93. The van der Waals surface area contributed by atoms with Crippen LogP contribution in [0.2, 0.25) is 5.02 Å². The lowest BCUT2D eigenvalue weighted by Crippen LogP contribution is -1.84. The van der Waals surface area contributed by atoms with Crippen LogP contribution in [0.1, 0.15) is 0 Å². The van der Waals surface area contributed by atoms with E-state index in [2.05, 4.69) is 5.16 Å². The number of phenolic OH excluding ortho intramolecular Hbond substituents is 1. The average Bonchev–Trinajstić information content (AvgIpc) is 2.74. The van der Waals surface area contributed by atoms with Crippen LogP contribution in [0.4, 0.5) is 5.82 Å². The molecular formula is C13H9ClN2O2.